The molecule has 94 valence electrons. The van der Waals surface area contributed by atoms with Crippen LogP contribution in [-0.2, 0) is 0 Å². The summed E-state index contributed by atoms with van der Waals surface area (Å²) < 4.78 is 0. The number of hydrogen-bond acceptors (Lipinski definition) is 3. The van der Waals surface area contributed by atoms with Crippen molar-refractivity contribution in [2.24, 2.45) is 10.7 Å². The van der Waals surface area contributed by atoms with E-state index >= 15 is 0 Å². The Morgan fingerprint density at radius 3 is 2.94 bits per heavy atom. The van der Waals surface area contributed by atoms with Crippen molar-refractivity contribution in [3.63, 3.8) is 0 Å². The molecule has 0 bridgehead atoms. The highest BCUT2D eigenvalue weighted by molar-refractivity contribution is 7.99. The van der Waals surface area contributed by atoms with Gasteiger partial charge in [-0.1, -0.05) is 13.0 Å². The first-order valence-corrected chi connectivity index (χ1v) is 7.97. The molecule has 1 aromatic rings. The molecule has 1 unspecified atom stereocenters. The van der Waals surface area contributed by atoms with E-state index in [-0.39, 0.29) is 0 Å². The van der Waals surface area contributed by atoms with Gasteiger partial charge in [0.2, 0.25) is 0 Å². The van der Waals surface area contributed by atoms with Crippen molar-refractivity contribution in [2.75, 3.05) is 31.1 Å². The summed E-state index contributed by atoms with van der Waals surface area (Å²) in [6, 6.07) is 4.25. The van der Waals surface area contributed by atoms with Crippen molar-refractivity contribution >= 4 is 29.1 Å². The molecule has 1 fully saturated rings. The van der Waals surface area contributed by atoms with Gasteiger partial charge in [0.25, 0.3) is 0 Å². The normalized spacial score (nSPS) is 19.4. The lowest BCUT2D eigenvalue weighted by Gasteiger charge is -2.27. The van der Waals surface area contributed by atoms with Gasteiger partial charge in [-0.3, -0.25) is 4.99 Å². The molecule has 2 N–H and O–H groups in total. The maximum Gasteiger partial charge on any atom is 0.191 e. The van der Waals surface area contributed by atoms with Gasteiger partial charge in [0.1, 0.15) is 0 Å². The second-order valence-corrected chi connectivity index (χ2v) is 6.42. The number of aliphatic imine (C=N–C) groups is 1. The van der Waals surface area contributed by atoms with Crippen LogP contribution in [-0.4, -0.2) is 42.0 Å². The number of rotatable bonds is 3. The van der Waals surface area contributed by atoms with Crippen molar-refractivity contribution in [2.45, 2.75) is 12.8 Å². The Bertz CT molecular complexity index is 356. The minimum atomic E-state index is 0.465. The Morgan fingerprint density at radius 2 is 2.29 bits per heavy atom. The van der Waals surface area contributed by atoms with Gasteiger partial charge in [-0.15, -0.1) is 11.3 Å². The van der Waals surface area contributed by atoms with Crippen molar-refractivity contribution < 1.29 is 0 Å². The van der Waals surface area contributed by atoms with E-state index in [2.05, 4.69) is 34.3 Å². The maximum absolute atomic E-state index is 6.02. The molecular weight excluding hydrogens is 250 g/mol. The third kappa shape index (κ3) is 3.64. The molecule has 0 amide bonds. The summed E-state index contributed by atoms with van der Waals surface area (Å²) in [5.41, 5.74) is 6.02. The quantitative estimate of drug-likeness (QED) is 0.676. The van der Waals surface area contributed by atoms with E-state index < -0.39 is 0 Å². The van der Waals surface area contributed by atoms with Crippen molar-refractivity contribution in [3.8, 4) is 0 Å². The summed E-state index contributed by atoms with van der Waals surface area (Å²) in [5, 5.41) is 2.11. The fourth-order valence-electron chi connectivity index (χ4n) is 1.78. The van der Waals surface area contributed by atoms with E-state index in [4.69, 9.17) is 5.73 Å². The zero-order valence-electron chi connectivity index (χ0n) is 10.1. The summed E-state index contributed by atoms with van der Waals surface area (Å²) in [7, 11) is 0. The Morgan fingerprint density at radius 1 is 1.53 bits per heavy atom. The van der Waals surface area contributed by atoms with Crippen LogP contribution in [0.4, 0.5) is 0 Å². The first-order chi connectivity index (χ1) is 8.27. The molecule has 0 saturated carbocycles. The summed E-state index contributed by atoms with van der Waals surface area (Å²) in [6.45, 7) is 5.06. The first-order valence-electron chi connectivity index (χ1n) is 5.93. The van der Waals surface area contributed by atoms with Crippen LogP contribution < -0.4 is 5.73 Å². The summed E-state index contributed by atoms with van der Waals surface area (Å²) in [6.07, 6.45) is 0. The lowest BCUT2D eigenvalue weighted by atomic mass is 10.1. The number of hydrogen-bond donors (Lipinski definition) is 1. The Balaban J connectivity index is 1.86. The van der Waals surface area contributed by atoms with Gasteiger partial charge in [0, 0.05) is 35.4 Å². The second kappa shape index (κ2) is 6.31. The highest BCUT2D eigenvalue weighted by Crippen LogP contribution is 2.20. The number of thioether (sulfide) groups is 1. The maximum atomic E-state index is 6.02. The summed E-state index contributed by atoms with van der Waals surface area (Å²) in [4.78, 5) is 8.10. The average Bonchev–Trinajstić information content (AvgIpc) is 2.90. The molecule has 0 spiro atoms. The van der Waals surface area contributed by atoms with Crippen LogP contribution >= 0.6 is 23.1 Å². The minimum absolute atomic E-state index is 0.465. The molecular formula is C12H19N3S2. The van der Waals surface area contributed by atoms with Crippen molar-refractivity contribution in [1.29, 1.82) is 0 Å². The van der Waals surface area contributed by atoms with Gasteiger partial charge < -0.3 is 10.6 Å². The molecule has 2 rings (SSSR count). The molecule has 0 aromatic carbocycles. The van der Waals surface area contributed by atoms with Crippen LogP contribution in [0.1, 0.15) is 17.7 Å². The molecule has 2 heterocycles. The highest BCUT2D eigenvalue weighted by atomic mass is 32.2. The lowest BCUT2D eigenvalue weighted by Crippen LogP contribution is -2.42. The SMILES string of the molecule is CC(CN=C(N)N1CCSCC1)c1cccs1. The third-order valence-corrected chi connectivity index (χ3v) is 4.94. The Kier molecular flexibility index (Phi) is 4.74. The fraction of sp³-hybridized carbons (Fsp3) is 0.583. The topological polar surface area (TPSA) is 41.6 Å². The number of guanidine groups is 1. The molecule has 1 aromatic heterocycles. The van der Waals surface area contributed by atoms with E-state index in [1.54, 1.807) is 11.3 Å². The largest absolute Gasteiger partial charge is 0.370 e. The predicted octanol–water partition coefficient (Wildman–Crippen LogP) is 2.22. The van der Waals surface area contributed by atoms with Gasteiger partial charge in [-0.25, -0.2) is 0 Å². The molecule has 1 aliphatic heterocycles. The molecule has 3 nitrogen and oxygen atoms in total. The zero-order chi connectivity index (χ0) is 12.1. The van der Waals surface area contributed by atoms with Crippen LogP contribution in [0.15, 0.2) is 22.5 Å². The van der Waals surface area contributed by atoms with E-state index in [0.29, 0.717) is 11.9 Å². The van der Waals surface area contributed by atoms with Crippen molar-refractivity contribution in [1.82, 2.24) is 4.90 Å². The second-order valence-electron chi connectivity index (χ2n) is 4.21. The molecule has 1 saturated heterocycles. The van der Waals surface area contributed by atoms with Crippen LogP contribution in [0, 0.1) is 0 Å². The van der Waals surface area contributed by atoms with Crippen molar-refractivity contribution in [3.05, 3.63) is 22.4 Å². The number of nitrogens with zero attached hydrogens (tertiary/aromatic N) is 2. The predicted molar refractivity (Wildman–Crippen MR) is 78.1 cm³/mol. The van der Waals surface area contributed by atoms with Crippen LogP contribution in [0.25, 0.3) is 0 Å². The van der Waals surface area contributed by atoms with E-state index in [1.807, 2.05) is 11.8 Å². The Labute approximate surface area is 111 Å². The summed E-state index contributed by atoms with van der Waals surface area (Å²) >= 11 is 3.78. The molecule has 5 heteroatoms. The smallest absolute Gasteiger partial charge is 0.191 e. The molecule has 1 aliphatic rings. The monoisotopic (exact) mass is 269 g/mol. The van der Waals surface area contributed by atoms with Gasteiger partial charge >= 0.3 is 0 Å². The standard InChI is InChI=1S/C12H19N3S2/c1-10(11-3-2-6-17-11)9-14-12(13)15-4-7-16-8-5-15/h2-3,6,10H,4-5,7-9H2,1H3,(H2,13,14). The molecule has 0 radical (unpaired) electrons. The van der Waals surface area contributed by atoms with Crippen LogP contribution in [0.2, 0.25) is 0 Å². The average molecular weight is 269 g/mol. The number of thiophene rings is 1. The van der Waals surface area contributed by atoms with Crippen LogP contribution in [0.3, 0.4) is 0 Å². The Hall–Kier alpha value is -0.680. The van der Waals surface area contributed by atoms with Gasteiger partial charge in [0.15, 0.2) is 5.96 Å². The molecule has 17 heavy (non-hydrogen) atoms. The van der Waals surface area contributed by atoms with E-state index in [1.165, 1.54) is 4.88 Å². The van der Waals surface area contributed by atoms with Crippen LogP contribution in [0.5, 0.6) is 0 Å². The zero-order valence-corrected chi connectivity index (χ0v) is 11.8. The molecule has 0 aliphatic carbocycles. The highest BCUT2D eigenvalue weighted by Gasteiger charge is 2.13. The van der Waals surface area contributed by atoms with Gasteiger partial charge in [0.05, 0.1) is 6.54 Å². The molecule has 1 atom stereocenters. The van der Waals surface area contributed by atoms with Gasteiger partial charge in [-0.2, -0.15) is 11.8 Å². The minimum Gasteiger partial charge on any atom is -0.370 e. The number of nitrogens with two attached hydrogens (primary N) is 1. The first kappa shape index (κ1) is 12.8. The van der Waals surface area contributed by atoms with Gasteiger partial charge in [-0.05, 0) is 11.4 Å². The summed E-state index contributed by atoms with van der Waals surface area (Å²) in [5.74, 6) is 3.51. The van der Waals surface area contributed by atoms with E-state index in [9.17, 15) is 0 Å². The fourth-order valence-corrected chi connectivity index (χ4v) is 3.47. The third-order valence-electron chi connectivity index (χ3n) is 2.89. The van der Waals surface area contributed by atoms with E-state index in [0.717, 1.165) is 31.1 Å². The lowest BCUT2D eigenvalue weighted by molar-refractivity contribution is 0.455.